The molecule has 3 aromatic rings. The number of nitrogens with two attached hydrogens (primary N) is 1. The number of guanidine groups is 1. The third kappa shape index (κ3) is 2.57. The molecule has 0 saturated carbocycles. The Morgan fingerprint density at radius 2 is 1.89 bits per heavy atom. The standard InChI is InChI=1S/C18H16N6O4/c19-17-21-16(10-2-4-11(5-3-10)24(25)26)23-13-9-15-14(27-6-1-7-28-15)8-12(13)20-18(23)22-17/h2-5,8-9,16H,1,6-7H2,(H3,19,20,21,22). The Bertz CT molecular complexity index is 1120. The Morgan fingerprint density at radius 3 is 2.61 bits per heavy atom. The Labute approximate surface area is 158 Å². The molecule has 0 saturated heterocycles. The van der Waals surface area contributed by atoms with Crippen LogP contribution in [0.4, 0.5) is 11.6 Å². The summed E-state index contributed by atoms with van der Waals surface area (Å²) < 4.78 is 13.4. The minimum Gasteiger partial charge on any atom is -0.489 e. The van der Waals surface area contributed by atoms with Gasteiger partial charge in [-0.05, 0) is 17.7 Å². The fraction of sp³-hybridized carbons (Fsp3) is 0.222. The van der Waals surface area contributed by atoms with Crippen molar-refractivity contribution in [3.8, 4) is 11.5 Å². The first-order chi connectivity index (χ1) is 13.6. The molecule has 5 rings (SSSR count). The summed E-state index contributed by atoms with van der Waals surface area (Å²) in [7, 11) is 0. The maximum Gasteiger partial charge on any atom is 0.269 e. The summed E-state index contributed by atoms with van der Waals surface area (Å²) in [6.45, 7) is 1.17. The fourth-order valence-electron chi connectivity index (χ4n) is 3.42. The van der Waals surface area contributed by atoms with Crippen LogP contribution in [0.15, 0.2) is 41.4 Å². The van der Waals surface area contributed by atoms with Crippen molar-refractivity contribution in [1.82, 2.24) is 9.55 Å². The number of aromatic nitrogens is 2. The molecule has 1 aromatic heterocycles. The van der Waals surface area contributed by atoms with Crippen molar-refractivity contribution in [1.29, 1.82) is 0 Å². The number of nitrogens with zero attached hydrogens (tertiary/aromatic N) is 4. The zero-order valence-electron chi connectivity index (χ0n) is 14.7. The van der Waals surface area contributed by atoms with Crippen molar-refractivity contribution in [3.63, 3.8) is 0 Å². The van der Waals surface area contributed by atoms with E-state index in [1.54, 1.807) is 12.1 Å². The van der Waals surface area contributed by atoms with Crippen molar-refractivity contribution >= 4 is 28.6 Å². The third-order valence-electron chi connectivity index (χ3n) is 4.71. The molecule has 28 heavy (non-hydrogen) atoms. The summed E-state index contributed by atoms with van der Waals surface area (Å²) in [6, 6.07) is 9.96. The van der Waals surface area contributed by atoms with Gasteiger partial charge in [-0.25, -0.2) is 9.98 Å². The van der Waals surface area contributed by atoms with Crippen molar-refractivity contribution < 1.29 is 14.4 Å². The van der Waals surface area contributed by atoms with Gasteiger partial charge < -0.3 is 15.2 Å². The van der Waals surface area contributed by atoms with Gasteiger partial charge in [0.15, 0.2) is 23.6 Å². The lowest BCUT2D eigenvalue weighted by molar-refractivity contribution is -0.384. The van der Waals surface area contributed by atoms with Crippen molar-refractivity contribution in [2.45, 2.75) is 12.6 Å². The molecule has 0 fully saturated rings. The average molecular weight is 380 g/mol. The van der Waals surface area contributed by atoms with Gasteiger partial charge >= 0.3 is 0 Å². The van der Waals surface area contributed by atoms with E-state index in [1.165, 1.54) is 12.1 Å². The SMILES string of the molecule is NC1=NC(c2ccc([N+](=O)[O-])cc2)n2c(nc3cc4c(cc32)OCCCO4)N1. The highest BCUT2D eigenvalue weighted by Gasteiger charge is 2.27. The van der Waals surface area contributed by atoms with Crippen molar-refractivity contribution in [2.75, 3.05) is 18.5 Å². The number of non-ortho nitro benzene ring substituents is 1. The van der Waals surface area contributed by atoms with Gasteiger partial charge in [-0.2, -0.15) is 0 Å². The molecule has 1 unspecified atom stereocenters. The number of nitro benzene ring substituents is 1. The molecule has 10 heteroatoms. The van der Waals surface area contributed by atoms with Crippen LogP contribution >= 0.6 is 0 Å². The van der Waals surface area contributed by atoms with Crippen LogP contribution in [0.1, 0.15) is 18.2 Å². The van der Waals surface area contributed by atoms with Gasteiger partial charge in [0.2, 0.25) is 5.95 Å². The highest BCUT2D eigenvalue weighted by Crippen LogP contribution is 2.39. The summed E-state index contributed by atoms with van der Waals surface area (Å²) in [5, 5.41) is 13.9. The summed E-state index contributed by atoms with van der Waals surface area (Å²) in [5.41, 5.74) is 8.22. The fourth-order valence-corrected chi connectivity index (χ4v) is 3.42. The number of aliphatic imine (C=N–C) groups is 1. The van der Waals surface area contributed by atoms with Crippen LogP contribution in [0, 0.1) is 10.1 Å². The molecule has 2 aliphatic rings. The highest BCUT2D eigenvalue weighted by molar-refractivity contribution is 5.95. The van der Waals surface area contributed by atoms with Crippen LogP contribution in [-0.2, 0) is 0 Å². The maximum absolute atomic E-state index is 10.9. The number of imidazole rings is 1. The lowest BCUT2D eigenvalue weighted by Crippen LogP contribution is -2.31. The van der Waals surface area contributed by atoms with Gasteiger partial charge in [0.05, 0.1) is 29.2 Å². The second-order valence-corrected chi connectivity index (χ2v) is 6.51. The number of nitro groups is 1. The summed E-state index contributed by atoms with van der Waals surface area (Å²) in [6.07, 6.45) is 0.303. The van der Waals surface area contributed by atoms with E-state index in [-0.39, 0.29) is 11.6 Å². The van der Waals surface area contributed by atoms with E-state index in [9.17, 15) is 10.1 Å². The van der Waals surface area contributed by atoms with Gasteiger partial charge in [0, 0.05) is 30.7 Å². The first-order valence-corrected chi connectivity index (χ1v) is 8.76. The third-order valence-corrected chi connectivity index (χ3v) is 4.71. The van der Waals surface area contributed by atoms with E-state index in [4.69, 9.17) is 15.2 Å². The van der Waals surface area contributed by atoms with Crippen LogP contribution in [0.5, 0.6) is 11.5 Å². The zero-order chi connectivity index (χ0) is 19.3. The van der Waals surface area contributed by atoms with Gasteiger partial charge in [0.1, 0.15) is 0 Å². The number of benzene rings is 2. The minimum absolute atomic E-state index is 0.0150. The summed E-state index contributed by atoms with van der Waals surface area (Å²) in [4.78, 5) is 19.6. The molecule has 0 aliphatic carbocycles. The number of anilines is 1. The number of hydrogen-bond acceptors (Lipinski definition) is 8. The molecule has 0 spiro atoms. The Balaban J connectivity index is 1.66. The largest absolute Gasteiger partial charge is 0.489 e. The van der Waals surface area contributed by atoms with Crippen LogP contribution in [0.2, 0.25) is 0 Å². The number of rotatable bonds is 2. The molecule has 0 radical (unpaired) electrons. The molecule has 3 heterocycles. The zero-order valence-corrected chi connectivity index (χ0v) is 14.7. The Morgan fingerprint density at radius 1 is 1.18 bits per heavy atom. The normalized spacial score (nSPS) is 18.0. The van der Waals surface area contributed by atoms with E-state index in [1.807, 2.05) is 16.7 Å². The van der Waals surface area contributed by atoms with Gasteiger partial charge in [-0.1, -0.05) is 0 Å². The second-order valence-electron chi connectivity index (χ2n) is 6.51. The number of nitrogens with one attached hydrogen (secondary N) is 1. The molecule has 2 aromatic carbocycles. The van der Waals surface area contributed by atoms with Crippen molar-refractivity contribution in [3.05, 3.63) is 52.1 Å². The van der Waals surface area contributed by atoms with Crippen LogP contribution in [-0.4, -0.2) is 33.6 Å². The highest BCUT2D eigenvalue weighted by atomic mass is 16.6. The second kappa shape index (κ2) is 6.12. The molecule has 0 amide bonds. The minimum atomic E-state index is -0.508. The van der Waals surface area contributed by atoms with Crippen LogP contribution < -0.4 is 20.5 Å². The van der Waals surface area contributed by atoms with Gasteiger partial charge in [-0.15, -0.1) is 0 Å². The predicted molar refractivity (Wildman–Crippen MR) is 102 cm³/mol. The average Bonchev–Trinajstić information content (AvgIpc) is 2.87. The van der Waals surface area contributed by atoms with Crippen LogP contribution in [0.25, 0.3) is 11.0 Å². The van der Waals surface area contributed by atoms with E-state index in [0.717, 1.165) is 17.5 Å². The molecule has 0 bridgehead atoms. The van der Waals surface area contributed by atoms with E-state index < -0.39 is 11.1 Å². The molecule has 3 N–H and O–H groups in total. The number of hydrogen-bond donors (Lipinski definition) is 2. The molecular formula is C18H16N6O4. The quantitative estimate of drug-likeness (QED) is 0.516. The van der Waals surface area contributed by atoms with Gasteiger partial charge in [-0.3, -0.25) is 20.0 Å². The van der Waals surface area contributed by atoms with Gasteiger partial charge in [0.25, 0.3) is 5.69 Å². The van der Waals surface area contributed by atoms with Crippen LogP contribution in [0.3, 0.4) is 0 Å². The predicted octanol–water partition coefficient (Wildman–Crippen LogP) is 2.39. The van der Waals surface area contributed by atoms with E-state index >= 15 is 0 Å². The number of fused-ring (bicyclic) bond motifs is 4. The van der Waals surface area contributed by atoms with Crippen molar-refractivity contribution in [2.24, 2.45) is 10.7 Å². The Kier molecular flexibility index (Phi) is 3.57. The molecule has 142 valence electrons. The summed E-state index contributed by atoms with van der Waals surface area (Å²) in [5.74, 6) is 2.06. The molecular weight excluding hydrogens is 364 g/mol. The topological polar surface area (TPSA) is 130 Å². The maximum atomic E-state index is 10.9. The Hall–Kier alpha value is -3.82. The first-order valence-electron chi connectivity index (χ1n) is 8.76. The smallest absolute Gasteiger partial charge is 0.269 e. The van der Waals surface area contributed by atoms with E-state index in [0.29, 0.717) is 36.2 Å². The molecule has 10 nitrogen and oxygen atoms in total. The molecule has 2 aliphatic heterocycles. The lowest BCUT2D eigenvalue weighted by atomic mass is 10.1. The monoisotopic (exact) mass is 380 g/mol. The molecule has 1 atom stereocenters. The lowest BCUT2D eigenvalue weighted by Gasteiger charge is -2.23. The first kappa shape index (κ1) is 16.4. The summed E-state index contributed by atoms with van der Waals surface area (Å²) >= 11 is 0. The van der Waals surface area contributed by atoms with E-state index in [2.05, 4.69) is 15.3 Å². The number of ether oxygens (including phenoxy) is 2.